The van der Waals surface area contributed by atoms with Crippen molar-refractivity contribution in [3.63, 3.8) is 0 Å². The molecule has 1 aromatic carbocycles. The molecule has 0 aliphatic carbocycles. The molecule has 0 fully saturated rings. The predicted molar refractivity (Wildman–Crippen MR) is 75.7 cm³/mol. The van der Waals surface area contributed by atoms with E-state index in [1.54, 1.807) is 0 Å². The van der Waals surface area contributed by atoms with Crippen LogP contribution in [-0.2, 0) is 11.8 Å². The van der Waals surface area contributed by atoms with Gasteiger partial charge in [-0.2, -0.15) is 0 Å². The van der Waals surface area contributed by atoms with Gasteiger partial charge in [0.25, 0.3) is 0 Å². The van der Waals surface area contributed by atoms with E-state index in [4.69, 9.17) is 10.7 Å². The number of benzene rings is 1. The van der Waals surface area contributed by atoms with E-state index in [9.17, 15) is 0 Å². The highest BCUT2D eigenvalue weighted by atomic mass is 32.1. The van der Waals surface area contributed by atoms with Gasteiger partial charge in [-0.3, -0.25) is 0 Å². The molecule has 0 saturated heterocycles. The fourth-order valence-corrected chi connectivity index (χ4v) is 2.89. The van der Waals surface area contributed by atoms with Crippen molar-refractivity contribution in [1.82, 2.24) is 4.98 Å². The Morgan fingerprint density at radius 2 is 2.06 bits per heavy atom. The monoisotopic (exact) mass is 248 g/mol. The van der Waals surface area contributed by atoms with Gasteiger partial charge in [0.05, 0.1) is 15.2 Å². The Labute approximate surface area is 107 Å². The zero-order valence-corrected chi connectivity index (χ0v) is 11.6. The minimum Gasteiger partial charge on any atom is -0.330 e. The molecule has 0 unspecified atom stereocenters. The van der Waals surface area contributed by atoms with Crippen LogP contribution in [0.1, 0.15) is 37.8 Å². The summed E-state index contributed by atoms with van der Waals surface area (Å²) in [6.07, 6.45) is 2.06. The van der Waals surface area contributed by atoms with Crippen molar-refractivity contribution in [3.05, 3.63) is 28.8 Å². The van der Waals surface area contributed by atoms with Crippen LogP contribution in [0.4, 0.5) is 0 Å². The Kier molecular flexibility index (Phi) is 3.50. The fourth-order valence-electron chi connectivity index (χ4n) is 1.82. The molecule has 0 bridgehead atoms. The summed E-state index contributed by atoms with van der Waals surface area (Å²) in [5, 5.41) is 1.22. The fraction of sp³-hybridized carbons (Fsp3) is 0.500. The van der Waals surface area contributed by atoms with Crippen LogP contribution in [0.2, 0.25) is 0 Å². The minimum atomic E-state index is 0.134. The second-order valence-electron chi connectivity index (χ2n) is 5.43. The van der Waals surface area contributed by atoms with Crippen LogP contribution in [0.5, 0.6) is 0 Å². The van der Waals surface area contributed by atoms with Crippen molar-refractivity contribution in [2.75, 3.05) is 6.54 Å². The normalized spacial score (nSPS) is 12.2. The maximum Gasteiger partial charge on any atom is 0.0992 e. The topological polar surface area (TPSA) is 38.9 Å². The first-order valence-electron chi connectivity index (χ1n) is 6.11. The first-order chi connectivity index (χ1) is 8.02. The lowest BCUT2D eigenvalue weighted by molar-refractivity contribution is 0.587. The van der Waals surface area contributed by atoms with Crippen molar-refractivity contribution in [2.24, 2.45) is 5.73 Å². The number of thiazole rings is 1. The van der Waals surface area contributed by atoms with Crippen LogP contribution in [0.3, 0.4) is 0 Å². The zero-order chi connectivity index (χ0) is 12.5. The lowest BCUT2D eigenvalue weighted by atomic mass is 9.98. The molecule has 0 radical (unpaired) electrons. The van der Waals surface area contributed by atoms with Gasteiger partial charge in [-0.1, -0.05) is 32.9 Å². The molecule has 2 rings (SSSR count). The molecule has 0 aliphatic heterocycles. The third kappa shape index (κ3) is 2.67. The Bertz CT molecular complexity index is 508. The molecule has 0 amide bonds. The largest absolute Gasteiger partial charge is 0.330 e. The van der Waals surface area contributed by atoms with Crippen LogP contribution in [-0.4, -0.2) is 11.5 Å². The van der Waals surface area contributed by atoms with Gasteiger partial charge in [0.1, 0.15) is 0 Å². The first kappa shape index (κ1) is 12.5. The number of aromatic nitrogens is 1. The van der Waals surface area contributed by atoms with Crippen molar-refractivity contribution < 1.29 is 0 Å². The highest BCUT2D eigenvalue weighted by Gasteiger charge is 2.19. The van der Waals surface area contributed by atoms with Gasteiger partial charge in [-0.25, -0.2) is 4.98 Å². The van der Waals surface area contributed by atoms with Gasteiger partial charge < -0.3 is 5.73 Å². The Balaban J connectivity index is 2.45. The summed E-state index contributed by atoms with van der Waals surface area (Å²) >= 11 is 1.81. The summed E-state index contributed by atoms with van der Waals surface area (Å²) in [4.78, 5) is 4.81. The number of nitrogens with zero attached hydrogens (tertiary/aromatic N) is 1. The lowest BCUT2D eigenvalue weighted by Gasteiger charge is -2.13. The highest BCUT2D eigenvalue weighted by Crippen LogP contribution is 2.32. The summed E-state index contributed by atoms with van der Waals surface area (Å²) in [5.74, 6) is 0. The molecule has 3 heteroatoms. The van der Waals surface area contributed by atoms with E-state index in [2.05, 4.69) is 39.0 Å². The van der Waals surface area contributed by atoms with E-state index in [1.807, 2.05) is 11.3 Å². The molecule has 2 nitrogen and oxygen atoms in total. The Hall–Kier alpha value is -0.930. The van der Waals surface area contributed by atoms with Crippen LogP contribution in [0.15, 0.2) is 18.2 Å². The van der Waals surface area contributed by atoms with Gasteiger partial charge in [-0.15, -0.1) is 11.3 Å². The molecular weight excluding hydrogens is 228 g/mol. The number of aryl methyl sites for hydroxylation is 1. The van der Waals surface area contributed by atoms with E-state index < -0.39 is 0 Å². The quantitative estimate of drug-likeness (QED) is 0.903. The number of hydrogen-bond acceptors (Lipinski definition) is 3. The first-order valence-corrected chi connectivity index (χ1v) is 6.93. The van der Waals surface area contributed by atoms with Crippen molar-refractivity contribution in [3.8, 4) is 0 Å². The zero-order valence-electron chi connectivity index (χ0n) is 10.8. The van der Waals surface area contributed by atoms with E-state index in [0.29, 0.717) is 0 Å². The van der Waals surface area contributed by atoms with E-state index in [0.717, 1.165) is 19.4 Å². The van der Waals surface area contributed by atoms with Crippen molar-refractivity contribution in [1.29, 1.82) is 0 Å². The van der Waals surface area contributed by atoms with Gasteiger partial charge in [0, 0.05) is 5.41 Å². The number of hydrogen-bond donors (Lipinski definition) is 1. The maximum atomic E-state index is 5.58. The summed E-state index contributed by atoms with van der Waals surface area (Å²) in [6, 6.07) is 6.46. The summed E-state index contributed by atoms with van der Waals surface area (Å²) < 4.78 is 1.30. The number of para-hydroxylation sites is 1. The van der Waals surface area contributed by atoms with Crippen molar-refractivity contribution in [2.45, 2.75) is 39.0 Å². The molecule has 92 valence electrons. The molecule has 0 saturated carbocycles. The third-order valence-corrected chi connectivity index (χ3v) is 4.24. The third-order valence-electron chi connectivity index (χ3n) is 2.79. The summed E-state index contributed by atoms with van der Waals surface area (Å²) in [7, 11) is 0. The van der Waals surface area contributed by atoms with Gasteiger partial charge >= 0.3 is 0 Å². The molecule has 1 aromatic heterocycles. The second-order valence-corrected chi connectivity index (χ2v) is 6.46. The minimum absolute atomic E-state index is 0.134. The van der Waals surface area contributed by atoms with E-state index in [1.165, 1.54) is 20.8 Å². The van der Waals surface area contributed by atoms with E-state index in [-0.39, 0.29) is 5.41 Å². The molecule has 0 atom stereocenters. The summed E-state index contributed by atoms with van der Waals surface area (Å²) in [6.45, 7) is 7.38. The summed E-state index contributed by atoms with van der Waals surface area (Å²) in [5.41, 5.74) is 8.22. The van der Waals surface area contributed by atoms with E-state index >= 15 is 0 Å². The number of rotatable bonds is 3. The predicted octanol–water partition coefficient (Wildman–Crippen LogP) is 3.49. The molecular formula is C14H20N2S. The standard InChI is InChI=1S/C14H20N2S/c1-14(2,3)13-16-12-10(7-5-9-15)6-4-8-11(12)17-13/h4,6,8H,5,7,9,15H2,1-3H3. The van der Waals surface area contributed by atoms with Crippen LogP contribution in [0, 0.1) is 0 Å². The molecule has 0 spiro atoms. The Morgan fingerprint density at radius 1 is 1.29 bits per heavy atom. The molecule has 0 aliphatic rings. The number of fused-ring (bicyclic) bond motifs is 1. The average Bonchev–Trinajstić information content (AvgIpc) is 2.70. The van der Waals surface area contributed by atoms with Crippen LogP contribution < -0.4 is 5.73 Å². The van der Waals surface area contributed by atoms with Gasteiger partial charge in [0.2, 0.25) is 0 Å². The van der Waals surface area contributed by atoms with Gasteiger partial charge in [-0.05, 0) is 31.0 Å². The maximum absolute atomic E-state index is 5.58. The molecule has 1 heterocycles. The smallest absolute Gasteiger partial charge is 0.0992 e. The van der Waals surface area contributed by atoms with Crippen LogP contribution in [0.25, 0.3) is 10.2 Å². The average molecular weight is 248 g/mol. The lowest BCUT2D eigenvalue weighted by Crippen LogP contribution is -2.10. The molecule has 17 heavy (non-hydrogen) atoms. The van der Waals surface area contributed by atoms with Crippen LogP contribution >= 0.6 is 11.3 Å². The highest BCUT2D eigenvalue weighted by molar-refractivity contribution is 7.18. The second kappa shape index (κ2) is 4.75. The number of nitrogens with two attached hydrogens (primary N) is 1. The van der Waals surface area contributed by atoms with Crippen molar-refractivity contribution >= 4 is 21.6 Å². The van der Waals surface area contributed by atoms with Gasteiger partial charge in [0.15, 0.2) is 0 Å². The SMILES string of the molecule is CC(C)(C)c1nc2c(CCCN)cccc2s1. The Morgan fingerprint density at radius 3 is 2.71 bits per heavy atom. The molecule has 2 aromatic rings. The molecule has 2 N–H and O–H groups in total.